The lowest BCUT2D eigenvalue weighted by molar-refractivity contribution is -0.142. The topological polar surface area (TPSA) is 151 Å². The van der Waals surface area contributed by atoms with Gasteiger partial charge in [0.25, 0.3) is 5.91 Å². The average molecular weight is 569 g/mol. The number of nitrogens with two attached hydrogens (primary N) is 1. The Morgan fingerprint density at radius 1 is 1.00 bits per heavy atom. The fourth-order valence-corrected chi connectivity index (χ4v) is 4.36. The van der Waals surface area contributed by atoms with E-state index in [0.717, 1.165) is 24.8 Å². The molecule has 0 fully saturated rings. The molecule has 10 nitrogen and oxygen atoms in total. The number of amides is 4. The number of aromatic hydroxyl groups is 1. The first-order chi connectivity index (χ1) is 19.2. The molecule has 0 spiro atoms. The van der Waals surface area contributed by atoms with Crippen LogP contribution in [-0.2, 0) is 19.1 Å². The number of carbonyl (C=O) groups is 4. The van der Waals surface area contributed by atoms with Crippen molar-refractivity contribution in [3.63, 3.8) is 0 Å². The Bertz CT molecular complexity index is 1220. The van der Waals surface area contributed by atoms with E-state index in [1.54, 1.807) is 52.0 Å². The molecular formula is C31H44N4O6. The van der Waals surface area contributed by atoms with Gasteiger partial charge in [0, 0.05) is 12.2 Å². The molecular weight excluding hydrogens is 524 g/mol. The zero-order chi connectivity index (χ0) is 30.7. The number of aryl methyl sites for hydroxylation is 2. The molecule has 224 valence electrons. The minimum absolute atomic E-state index is 0.0471. The molecule has 0 saturated heterocycles. The number of carbonyl (C=O) groups excluding carboxylic acids is 4. The lowest BCUT2D eigenvalue weighted by Crippen LogP contribution is -2.53. The Hall–Kier alpha value is -4.08. The molecule has 0 radical (unpaired) electrons. The van der Waals surface area contributed by atoms with Gasteiger partial charge in [0.15, 0.2) is 0 Å². The van der Waals surface area contributed by atoms with Crippen LogP contribution >= 0.6 is 0 Å². The molecule has 0 aliphatic heterocycles. The Balaban J connectivity index is 2.59. The summed E-state index contributed by atoms with van der Waals surface area (Å²) in [7, 11) is 0. The van der Waals surface area contributed by atoms with Crippen LogP contribution in [0, 0.1) is 13.8 Å². The summed E-state index contributed by atoms with van der Waals surface area (Å²) >= 11 is 0. The number of alkyl carbamates (subject to hydrolysis) is 1. The summed E-state index contributed by atoms with van der Waals surface area (Å²) in [5, 5.41) is 15.6. The van der Waals surface area contributed by atoms with Gasteiger partial charge in [-0.05, 0) is 75.9 Å². The number of primary amides is 1. The van der Waals surface area contributed by atoms with Crippen LogP contribution in [0.15, 0.2) is 42.5 Å². The lowest BCUT2D eigenvalue weighted by atomic mass is 9.99. The Morgan fingerprint density at radius 3 is 2.27 bits per heavy atom. The summed E-state index contributed by atoms with van der Waals surface area (Å²) in [6.45, 7) is 10.8. The molecule has 0 saturated carbocycles. The summed E-state index contributed by atoms with van der Waals surface area (Å²) in [5.41, 5.74) is 7.02. The SMILES string of the molecule is CCCCCCN(C(=O)C(CC(N)=O)NC(=O)OC(C)(C)C)C(C(=O)Nc1ccccc1C)c1ccc(O)c(C)c1. The summed E-state index contributed by atoms with van der Waals surface area (Å²) in [5.74, 6) is -1.89. The number of phenols is 1. The summed E-state index contributed by atoms with van der Waals surface area (Å²) in [4.78, 5) is 54.1. The van der Waals surface area contributed by atoms with Crippen molar-refractivity contribution in [2.24, 2.45) is 5.73 Å². The largest absolute Gasteiger partial charge is 0.508 e. The summed E-state index contributed by atoms with van der Waals surface area (Å²) in [6.07, 6.45) is 1.92. The molecule has 5 N–H and O–H groups in total. The maximum Gasteiger partial charge on any atom is 0.408 e. The van der Waals surface area contributed by atoms with E-state index in [1.807, 2.05) is 19.1 Å². The van der Waals surface area contributed by atoms with Crippen molar-refractivity contribution in [3.05, 3.63) is 59.2 Å². The van der Waals surface area contributed by atoms with E-state index in [1.165, 1.54) is 11.0 Å². The highest BCUT2D eigenvalue weighted by Crippen LogP contribution is 2.29. The summed E-state index contributed by atoms with van der Waals surface area (Å²) in [6, 6.07) is 9.47. The first-order valence-electron chi connectivity index (χ1n) is 14.0. The third-order valence-corrected chi connectivity index (χ3v) is 6.43. The normalized spacial score (nSPS) is 12.6. The lowest BCUT2D eigenvalue weighted by Gasteiger charge is -2.34. The maximum absolute atomic E-state index is 14.2. The highest BCUT2D eigenvalue weighted by atomic mass is 16.6. The van der Waals surface area contributed by atoms with E-state index < -0.39 is 47.9 Å². The van der Waals surface area contributed by atoms with Crippen LogP contribution in [0.4, 0.5) is 10.5 Å². The molecule has 4 amide bonds. The number of phenolic OH excluding ortho intramolecular Hbond substituents is 1. The number of nitrogens with one attached hydrogen (secondary N) is 2. The van der Waals surface area contributed by atoms with E-state index in [2.05, 4.69) is 17.6 Å². The molecule has 0 heterocycles. The van der Waals surface area contributed by atoms with Gasteiger partial charge in [0.05, 0.1) is 6.42 Å². The number of ether oxygens (including phenoxy) is 1. The quantitative estimate of drug-likeness (QED) is 0.253. The number of benzene rings is 2. The number of unbranched alkanes of at least 4 members (excludes halogenated alkanes) is 3. The van der Waals surface area contributed by atoms with Gasteiger partial charge in [-0.15, -0.1) is 0 Å². The Labute approximate surface area is 242 Å². The van der Waals surface area contributed by atoms with Gasteiger partial charge in [-0.3, -0.25) is 14.4 Å². The third kappa shape index (κ3) is 10.4. The van der Waals surface area contributed by atoms with E-state index >= 15 is 0 Å². The van der Waals surface area contributed by atoms with Crippen LogP contribution in [0.1, 0.15) is 82.5 Å². The minimum atomic E-state index is -1.36. The second-order valence-corrected chi connectivity index (χ2v) is 11.2. The van der Waals surface area contributed by atoms with Crippen LogP contribution in [0.3, 0.4) is 0 Å². The maximum atomic E-state index is 14.2. The fourth-order valence-electron chi connectivity index (χ4n) is 4.36. The van der Waals surface area contributed by atoms with E-state index in [4.69, 9.17) is 10.5 Å². The molecule has 2 unspecified atom stereocenters. The highest BCUT2D eigenvalue weighted by Gasteiger charge is 2.37. The zero-order valence-electron chi connectivity index (χ0n) is 25.0. The second kappa shape index (κ2) is 15.1. The number of rotatable bonds is 13. The molecule has 2 aromatic carbocycles. The predicted octanol–water partition coefficient (Wildman–Crippen LogP) is 4.87. The van der Waals surface area contributed by atoms with Gasteiger partial charge >= 0.3 is 6.09 Å². The number of para-hydroxylation sites is 1. The van der Waals surface area contributed by atoms with Crippen molar-refractivity contribution in [2.45, 2.75) is 91.3 Å². The van der Waals surface area contributed by atoms with E-state index in [-0.39, 0.29) is 12.3 Å². The van der Waals surface area contributed by atoms with Crippen molar-refractivity contribution in [1.82, 2.24) is 10.2 Å². The van der Waals surface area contributed by atoms with Crippen molar-refractivity contribution in [1.29, 1.82) is 0 Å². The smallest absolute Gasteiger partial charge is 0.408 e. The van der Waals surface area contributed by atoms with Crippen LogP contribution < -0.4 is 16.4 Å². The molecule has 2 aromatic rings. The number of anilines is 1. The average Bonchev–Trinajstić information content (AvgIpc) is 2.87. The molecule has 0 aliphatic carbocycles. The van der Waals surface area contributed by atoms with Crippen molar-refractivity contribution >= 4 is 29.5 Å². The molecule has 2 atom stereocenters. The highest BCUT2D eigenvalue weighted by molar-refractivity contribution is 6.00. The molecule has 0 aromatic heterocycles. The molecule has 41 heavy (non-hydrogen) atoms. The predicted molar refractivity (Wildman–Crippen MR) is 158 cm³/mol. The number of hydrogen-bond donors (Lipinski definition) is 4. The Morgan fingerprint density at radius 2 is 1.68 bits per heavy atom. The fraction of sp³-hybridized carbons (Fsp3) is 0.484. The van der Waals surface area contributed by atoms with Crippen molar-refractivity contribution in [2.75, 3.05) is 11.9 Å². The van der Waals surface area contributed by atoms with E-state index in [0.29, 0.717) is 23.2 Å². The van der Waals surface area contributed by atoms with Gasteiger partial charge in [0.1, 0.15) is 23.4 Å². The van der Waals surface area contributed by atoms with Gasteiger partial charge in [-0.2, -0.15) is 0 Å². The van der Waals surface area contributed by atoms with Crippen LogP contribution in [0.25, 0.3) is 0 Å². The standard InChI is InChI=1S/C31H44N4O6/c1-7-8-9-12-17-35(29(39)24(19-26(32)37)34-30(40)41-31(4,5)6)27(22-15-16-25(36)21(3)18-22)28(38)33-23-14-11-10-13-20(23)2/h10-11,13-16,18,24,27,36H,7-9,12,17,19H2,1-6H3,(H2,32,37)(H,33,38)(H,34,40). The first kappa shape index (κ1) is 33.1. The number of hydrogen-bond acceptors (Lipinski definition) is 6. The molecule has 2 rings (SSSR count). The van der Waals surface area contributed by atoms with Gasteiger partial charge in [0.2, 0.25) is 11.8 Å². The van der Waals surface area contributed by atoms with Crippen LogP contribution in [0.2, 0.25) is 0 Å². The van der Waals surface area contributed by atoms with Crippen molar-refractivity contribution < 1.29 is 29.0 Å². The first-order valence-corrected chi connectivity index (χ1v) is 14.0. The monoisotopic (exact) mass is 568 g/mol. The molecule has 0 aliphatic rings. The van der Waals surface area contributed by atoms with Gasteiger partial charge in [-0.1, -0.05) is 50.5 Å². The van der Waals surface area contributed by atoms with E-state index in [9.17, 15) is 24.3 Å². The van der Waals surface area contributed by atoms with Crippen LogP contribution in [0.5, 0.6) is 5.75 Å². The minimum Gasteiger partial charge on any atom is -0.508 e. The van der Waals surface area contributed by atoms with Gasteiger partial charge < -0.3 is 31.1 Å². The van der Waals surface area contributed by atoms with Crippen molar-refractivity contribution in [3.8, 4) is 5.75 Å². The third-order valence-electron chi connectivity index (χ3n) is 6.43. The molecule has 10 heteroatoms. The van der Waals surface area contributed by atoms with Gasteiger partial charge in [-0.25, -0.2) is 4.79 Å². The zero-order valence-corrected chi connectivity index (χ0v) is 25.0. The second-order valence-electron chi connectivity index (χ2n) is 11.2. The number of nitrogens with zero attached hydrogens (tertiary/aromatic N) is 1. The van der Waals surface area contributed by atoms with Crippen LogP contribution in [-0.4, -0.2) is 52.0 Å². The summed E-state index contributed by atoms with van der Waals surface area (Å²) < 4.78 is 5.33. The molecule has 0 bridgehead atoms. The Kier molecular flexibility index (Phi) is 12.2.